The molecule has 2 aromatic carbocycles. The molecule has 0 aromatic heterocycles. The van der Waals surface area contributed by atoms with Crippen LogP contribution in [0.5, 0.6) is 0 Å². The minimum absolute atomic E-state index is 0.0130. The van der Waals surface area contributed by atoms with E-state index in [1.54, 1.807) is 19.1 Å². The molecule has 24 heavy (non-hydrogen) atoms. The van der Waals surface area contributed by atoms with E-state index in [-0.39, 0.29) is 18.1 Å². The van der Waals surface area contributed by atoms with Crippen molar-refractivity contribution in [2.75, 3.05) is 6.61 Å². The molecule has 0 spiro atoms. The van der Waals surface area contributed by atoms with E-state index < -0.39 is 11.3 Å². The van der Waals surface area contributed by atoms with Gasteiger partial charge in [-0.25, -0.2) is 0 Å². The summed E-state index contributed by atoms with van der Waals surface area (Å²) in [5.41, 5.74) is -0.0155. The third kappa shape index (κ3) is 4.51. The van der Waals surface area contributed by atoms with E-state index in [2.05, 4.69) is 4.99 Å². The Morgan fingerprint density at radius 1 is 1.04 bits per heavy atom. The molecule has 2 rings (SSSR count). The molecule has 0 atom stereocenters. The summed E-state index contributed by atoms with van der Waals surface area (Å²) in [5, 5.41) is 2.04. The van der Waals surface area contributed by atoms with Gasteiger partial charge in [0.25, 0.3) is 5.91 Å². The summed E-state index contributed by atoms with van der Waals surface area (Å²) < 4.78 is 5.40. The van der Waals surface area contributed by atoms with Crippen LogP contribution in [-0.2, 0) is 9.53 Å². The van der Waals surface area contributed by atoms with Gasteiger partial charge in [-0.2, -0.15) is 4.99 Å². The third-order valence-electron chi connectivity index (χ3n) is 3.68. The minimum Gasteiger partial charge on any atom is -0.481 e. The topological polar surface area (TPSA) is 55.7 Å². The lowest BCUT2D eigenvalue weighted by Crippen LogP contribution is -2.24. The normalized spacial score (nSPS) is 12.2. The molecule has 0 aliphatic heterocycles. The first-order chi connectivity index (χ1) is 11.3. The van der Waals surface area contributed by atoms with E-state index >= 15 is 0 Å². The average molecular weight is 325 g/mol. The molecule has 4 heteroatoms. The van der Waals surface area contributed by atoms with Crippen LogP contribution in [0.15, 0.2) is 47.5 Å². The second-order valence-electron chi connectivity index (χ2n) is 6.66. The summed E-state index contributed by atoms with van der Waals surface area (Å²) >= 11 is 0. The summed E-state index contributed by atoms with van der Waals surface area (Å²) in [6.45, 7) is 7.68. The number of Topliss-reactive ketones (excluding diaryl/α,β-unsaturated/α-hetero) is 1. The van der Waals surface area contributed by atoms with Crippen molar-refractivity contribution < 1.29 is 14.3 Å². The Morgan fingerprint density at radius 2 is 1.71 bits per heavy atom. The zero-order valence-corrected chi connectivity index (χ0v) is 14.6. The standard InChI is InChI=1S/C20H23NO3/c1-5-24-18(13-17(22)20(2,3)4)21-19(23)16-11-10-14-8-6-7-9-15(14)12-16/h6-12H,5,13H2,1-4H3/b21-18+. The SMILES string of the molecule is CCO/C(CC(=O)C(C)(C)C)=N/C(=O)c1ccc2ccccc2c1. The maximum atomic E-state index is 12.4. The number of carbonyl (C=O) groups excluding carboxylic acids is 2. The van der Waals surface area contributed by atoms with E-state index in [0.29, 0.717) is 12.2 Å². The molecule has 0 radical (unpaired) electrons. The summed E-state index contributed by atoms with van der Waals surface area (Å²) in [4.78, 5) is 28.6. The van der Waals surface area contributed by atoms with Crippen LogP contribution in [0.25, 0.3) is 10.8 Å². The zero-order valence-electron chi connectivity index (χ0n) is 14.6. The molecular weight excluding hydrogens is 302 g/mol. The highest BCUT2D eigenvalue weighted by Crippen LogP contribution is 2.19. The number of amides is 1. The second-order valence-corrected chi connectivity index (χ2v) is 6.66. The van der Waals surface area contributed by atoms with Crippen LogP contribution < -0.4 is 0 Å². The Morgan fingerprint density at radius 3 is 2.33 bits per heavy atom. The maximum absolute atomic E-state index is 12.4. The fourth-order valence-corrected chi connectivity index (χ4v) is 2.19. The molecule has 0 unspecified atom stereocenters. The number of hydrogen-bond acceptors (Lipinski definition) is 3. The van der Waals surface area contributed by atoms with Gasteiger partial charge in [0.15, 0.2) is 5.90 Å². The maximum Gasteiger partial charge on any atom is 0.280 e. The number of hydrogen-bond donors (Lipinski definition) is 0. The van der Waals surface area contributed by atoms with E-state index in [1.807, 2.05) is 51.1 Å². The lowest BCUT2D eigenvalue weighted by Gasteiger charge is -2.17. The van der Waals surface area contributed by atoms with Crippen LogP contribution in [0, 0.1) is 5.41 Å². The van der Waals surface area contributed by atoms with E-state index in [1.165, 1.54) is 0 Å². The summed E-state index contributed by atoms with van der Waals surface area (Å²) in [5.74, 6) is -0.234. The molecular formula is C20H23NO3. The molecule has 4 nitrogen and oxygen atoms in total. The van der Waals surface area contributed by atoms with Crippen molar-refractivity contribution in [3.05, 3.63) is 48.0 Å². The van der Waals surface area contributed by atoms with Crippen molar-refractivity contribution in [1.29, 1.82) is 0 Å². The average Bonchev–Trinajstić information content (AvgIpc) is 2.53. The molecule has 0 N–H and O–H groups in total. The number of carbonyl (C=O) groups is 2. The van der Waals surface area contributed by atoms with Gasteiger partial charge in [-0.1, -0.05) is 51.1 Å². The number of nitrogens with zero attached hydrogens (tertiary/aromatic N) is 1. The first kappa shape index (κ1) is 17.9. The van der Waals surface area contributed by atoms with Crippen molar-refractivity contribution in [3.63, 3.8) is 0 Å². The number of rotatable bonds is 4. The van der Waals surface area contributed by atoms with Crippen molar-refractivity contribution in [3.8, 4) is 0 Å². The first-order valence-corrected chi connectivity index (χ1v) is 8.08. The number of benzene rings is 2. The van der Waals surface area contributed by atoms with Crippen LogP contribution in [0.4, 0.5) is 0 Å². The van der Waals surface area contributed by atoms with Gasteiger partial charge in [-0.05, 0) is 29.8 Å². The van der Waals surface area contributed by atoms with Crippen molar-refractivity contribution in [2.45, 2.75) is 34.1 Å². The molecule has 0 heterocycles. The van der Waals surface area contributed by atoms with Crippen LogP contribution >= 0.6 is 0 Å². The Bertz CT molecular complexity index is 785. The molecule has 0 aliphatic carbocycles. The van der Waals surface area contributed by atoms with Crippen LogP contribution in [0.3, 0.4) is 0 Å². The Labute approximate surface area is 142 Å². The minimum atomic E-state index is -0.496. The predicted molar refractivity (Wildman–Crippen MR) is 96.4 cm³/mol. The van der Waals surface area contributed by atoms with Crippen LogP contribution in [-0.4, -0.2) is 24.2 Å². The highest BCUT2D eigenvalue weighted by molar-refractivity contribution is 6.08. The second kappa shape index (κ2) is 7.39. The Balaban J connectivity index is 2.26. The molecule has 0 bridgehead atoms. The molecule has 0 fully saturated rings. The summed E-state index contributed by atoms with van der Waals surface area (Å²) in [7, 11) is 0. The van der Waals surface area contributed by atoms with Crippen molar-refractivity contribution in [1.82, 2.24) is 0 Å². The first-order valence-electron chi connectivity index (χ1n) is 8.08. The fraction of sp³-hybridized carbons (Fsp3) is 0.350. The quantitative estimate of drug-likeness (QED) is 0.617. The van der Waals surface area contributed by atoms with Gasteiger partial charge < -0.3 is 4.74 Å². The molecule has 0 aliphatic rings. The molecule has 0 saturated carbocycles. The third-order valence-corrected chi connectivity index (χ3v) is 3.68. The fourth-order valence-electron chi connectivity index (χ4n) is 2.19. The smallest absolute Gasteiger partial charge is 0.280 e. The van der Waals surface area contributed by atoms with Gasteiger partial charge in [-0.15, -0.1) is 0 Å². The predicted octanol–water partition coefficient (Wildman–Crippen LogP) is 4.42. The van der Waals surface area contributed by atoms with E-state index in [4.69, 9.17) is 4.74 Å². The Hall–Kier alpha value is -2.49. The lowest BCUT2D eigenvalue weighted by atomic mass is 9.89. The summed E-state index contributed by atoms with van der Waals surface area (Å²) in [6.07, 6.45) is 0.0245. The van der Waals surface area contributed by atoms with Crippen LogP contribution in [0.2, 0.25) is 0 Å². The van der Waals surface area contributed by atoms with Gasteiger partial charge in [0.05, 0.1) is 13.0 Å². The molecule has 1 amide bonds. The highest BCUT2D eigenvalue weighted by atomic mass is 16.5. The Kier molecular flexibility index (Phi) is 5.50. The largest absolute Gasteiger partial charge is 0.481 e. The molecule has 0 saturated heterocycles. The number of aliphatic imine (C=N–C) groups is 1. The lowest BCUT2D eigenvalue weighted by molar-refractivity contribution is -0.125. The molecule has 2 aromatic rings. The van der Waals surface area contributed by atoms with E-state index in [0.717, 1.165) is 10.8 Å². The van der Waals surface area contributed by atoms with Gasteiger partial charge in [0.1, 0.15) is 5.78 Å². The van der Waals surface area contributed by atoms with Gasteiger partial charge in [0.2, 0.25) is 0 Å². The van der Waals surface area contributed by atoms with Crippen LogP contribution in [0.1, 0.15) is 44.5 Å². The number of ketones is 1. The van der Waals surface area contributed by atoms with Gasteiger partial charge >= 0.3 is 0 Å². The number of fused-ring (bicyclic) bond motifs is 1. The van der Waals surface area contributed by atoms with Crippen molar-refractivity contribution >= 4 is 28.4 Å². The monoisotopic (exact) mass is 325 g/mol. The van der Waals surface area contributed by atoms with Gasteiger partial charge in [-0.3, -0.25) is 9.59 Å². The van der Waals surface area contributed by atoms with Gasteiger partial charge in [0, 0.05) is 11.0 Å². The van der Waals surface area contributed by atoms with Crippen molar-refractivity contribution in [2.24, 2.45) is 10.4 Å². The summed E-state index contributed by atoms with van der Waals surface area (Å²) in [6, 6.07) is 13.2. The van der Waals surface area contributed by atoms with E-state index in [9.17, 15) is 9.59 Å². The zero-order chi connectivity index (χ0) is 17.7. The highest BCUT2D eigenvalue weighted by Gasteiger charge is 2.24. The number of ether oxygens (including phenoxy) is 1. The molecule has 126 valence electrons.